The molecule has 0 radical (unpaired) electrons. The van der Waals surface area contributed by atoms with Crippen molar-refractivity contribution in [1.29, 1.82) is 5.41 Å². The number of piperazine rings is 1. The van der Waals surface area contributed by atoms with Crippen molar-refractivity contribution in [1.82, 2.24) is 24.8 Å². The quantitative estimate of drug-likeness (QED) is 0.0985. The predicted molar refractivity (Wildman–Crippen MR) is 194 cm³/mol. The van der Waals surface area contributed by atoms with Crippen LogP contribution >= 0.6 is 23.2 Å². The number of pyridine rings is 1. The number of benzene rings is 2. The molecular formula is C34H44Cl2N8O5S. The van der Waals surface area contributed by atoms with E-state index in [0.717, 1.165) is 17.5 Å². The van der Waals surface area contributed by atoms with Gasteiger partial charge in [0.15, 0.2) is 5.96 Å². The van der Waals surface area contributed by atoms with E-state index in [1.807, 2.05) is 31.2 Å². The lowest BCUT2D eigenvalue weighted by Gasteiger charge is -2.40. The highest BCUT2D eigenvalue weighted by Crippen LogP contribution is 2.37. The number of amides is 2. The zero-order valence-corrected chi connectivity index (χ0v) is 30.3. The minimum atomic E-state index is -4.29. The maximum absolute atomic E-state index is 14.0. The molecule has 7 N–H and O–H groups in total. The molecule has 5 rings (SSSR count). The monoisotopic (exact) mass is 746 g/mol. The van der Waals surface area contributed by atoms with Crippen LogP contribution in [-0.2, 0) is 26.2 Å². The van der Waals surface area contributed by atoms with E-state index in [2.05, 4.69) is 15.0 Å². The largest absolute Gasteiger partial charge is 0.487 e. The van der Waals surface area contributed by atoms with Gasteiger partial charge in [0, 0.05) is 54.4 Å². The van der Waals surface area contributed by atoms with Crippen LogP contribution in [0.2, 0.25) is 10.0 Å². The van der Waals surface area contributed by atoms with E-state index >= 15 is 0 Å². The van der Waals surface area contributed by atoms with Crippen LogP contribution in [0.3, 0.4) is 0 Å². The number of nitrogens with one attached hydrogen (secondary N) is 3. The number of para-hydroxylation sites is 1. The Morgan fingerprint density at radius 1 is 1.04 bits per heavy atom. The van der Waals surface area contributed by atoms with Gasteiger partial charge in [-0.25, -0.2) is 13.4 Å². The number of nitrogens with two attached hydrogens (primary N) is 2. The number of halogens is 2. The number of ether oxygens (including phenoxy) is 1. The van der Waals surface area contributed by atoms with Crippen LogP contribution in [0.25, 0.3) is 10.9 Å². The maximum atomic E-state index is 14.0. The van der Waals surface area contributed by atoms with E-state index in [0.29, 0.717) is 75.0 Å². The first-order chi connectivity index (χ1) is 23.8. The lowest BCUT2D eigenvalue weighted by atomic mass is 9.96. The SMILES string of the molecule is Cc1ccc2cccc(OCc3c(Cl)ccc(S(=O)(=O)NC4(C(=O)N5CCN(C(=O)C(N)CCCCNC(=N)N)CC5)CCCC4)c3Cl)c2n1. The lowest BCUT2D eigenvalue weighted by Crippen LogP contribution is -2.62. The number of aryl methyl sites for hydroxylation is 1. The van der Waals surface area contributed by atoms with E-state index in [-0.39, 0.29) is 52.4 Å². The molecule has 1 aromatic heterocycles. The molecule has 3 aromatic rings. The Morgan fingerprint density at radius 3 is 2.44 bits per heavy atom. The molecule has 1 atom stereocenters. The van der Waals surface area contributed by atoms with Gasteiger partial charge in [-0.3, -0.25) is 15.0 Å². The van der Waals surface area contributed by atoms with Gasteiger partial charge in [-0.2, -0.15) is 4.72 Å². The fourth-order valence-electron chi connectivity index (χ4n) is 6.55. The minimum absolute atomic E-state index is 0.0893. The number of nitrogens with zero attached hydrogens (tertiary/aromatic N) is 3. The number of unbranched alkanes of at least 4 members (excludes halogenated alkanes) is 1. The molecular weight excluding hydrogens is 703 g/mol. The number of sulfonamides is 1. The number of hydrogen-bond donors (Lipinski definition) is 5. The molecule has 13 nitrogen and oxygen atoms in total. The molecule has 1 saturated heterocycles. The second-order valence-corrected chi connectivity index (χ2v) is 15.3. The summed E-state index contributed by atoms with van der Waals surface area (Å²) in [6.45, 7) is 3.42. The van der Waals surface area contributed by atoms with Crippen LogP contribution in [0.5, 0.6) is 5.75 Å². The van der Waals surface area contributed by atoms with Crippen LogP contribution in [0.15, 0.2) is 47.4 Å². The summed E-state index contributed by atoms with van der Waals surface area (Å²) < 4.78 is 36.8. The molecule has 1 aliphatic heterocycles. The van der Waals surface area contributed by atoms with Gasteiger partial charge in [0.2, 0.25) is 21.8 Å². The maximum Gasteiger partial charge on any atom is 0.243 e. The molecule has 1 unspecified atom stereocenters. The molecule has 50 heavy (non-hydrogen) atoms. The third-order valence-corrected chi connectivity index (χ3v) is 11.8. The molecule has 2 amide bonds. The van der Waals surface area contributed by atoms with Gasteiger partial charge in [0.05, 0.1) is 11.1 Å². The highest BCUT2D eigenvalue weighted by Gasteiger charge is 2.47. The molecule has 0 spiro atoms. The van der Waals surface area contributed by atoms with E-state index in [1.165, 1.54) is 12.1 Å². The summed E-state index contributed by atoms with van der Waals surface area (Å²) in [4.78, 5) is 34.7. The van der Waals surface area contributed by atoms with E-state index in [4.69, 9.17) is 44.8 Å². The van der Waals surface area contributed by atoms with Crippen LogP contribution in [0.1, 0.15) is 56.2 Å². The number of carbonyl (C=O) groups is 2. The van der Waals surface area contributed by atoms with Crippen LogP contribution < -0.4 is 26.2 Å². The average molecular weight is 748 g/mol. The lowest BCUT2D eigenvalue weighted by molar-refractivity contribution is -0.144. The first kappa shape index (κ1) is 37.6. The number of rotatable bonds is 13. The van der Waals surface area contributed by atoms with Crippen molar-refractivity contribution in [2.75, 3.05) is 32.7 Å². The number of aromatic nitrogens is 1. The van der Waals surface area contributed by atoms with Crippen molar-refractivity contribution in [3.05, 3.63) is 63.8 Å². The van der Waals surface area contributed by atoms with Gasteiger partial charge < -0.3 is 31.3 Å². The van der Waals surface area contributed by atoms with Crippen molar-refractivity contribution in [2.45, 2.75) is 75.0 Å². The minimum Gasteiger partial charge on any atom is -0.487 e. The van der Waals surface area contributed by atoms with Crippen LogP contribution in [-0.4, -0.2) is 85.3 Å². The molecule has 1 saturated carbocycles. The molecule has 0 bridgehead atoms. The fourth-order valence-corrected chi connectivity index (χ4v) is 8.86. The smallest absolute Gasteiger partial charge is 0.243 e. The summed E-state index contributed by atoms with van der Waals surface area (Å²) in [5.41, 5.74) is 11.9. The summed E-state index contributed by atoms with van der Waals surface area (Å²) in [6, 6.07) is 11.5. The van der Waals surface area contributed by atoms with E-state index < -0.39 is 21.6 Å². The van der Waals surface area contributed by atoms with Gasteiger partial charge in [0.1, 0.15) is 28.3 Å². The molecule has 2 aromatic carbocycles. The fraction of sp³-hybridized carbons (Fsp3) is 0.471. The van der Waals surface area contributed by atoms with Gasteiger partial charge in [0.25, 0.3) is 0 Å². The summed E-state index contributed by atoms with van der Waals surface area (Å²) >= 11 is 13.2. The molecule has 2 aliphatic rings. The second kappa shape index (κ2) is 16.1. The number of hydrogen-bond acceptors (Lipinski definition) is 8. The Morgan fingerprint density at radius 2 is 1.74 bits per heavy atom. The predicted octanol–water partition coefficient (Wildman–Crippen LogP) is 3.67. The van der Waals surface area contributed by atoms with Gasteiger partial charge >= 0.3 is 0 Å². The van der Waals surface area contributed by atoms with Gasteiger partial charge in [-0.15, -0.1) is 0 Å². The summed E-state index contributed by atoms with van der Waals surface area (Å²) in [5, 5.41) is 11.0. The number of guanidine groups is 1. The third kappa shape index (κ3) is 8.60. The number of carbonyl (C=O) groups excluding carboxylic acids is 2. The third-order valence-electron chi connectivity index (χ3n) is 9.28. The van der Waals surface area contributed by atoms with Crippen molar-refractivity contribution in [3.8, 4) is 5.75 Å². The Hall–Kier alpha value is -3.69. The normalized spacial score (nSPS) is 16.7. The Kier molecular flexibility index (Phi) is 12.1. The Balaban J connectivity index is 1.24. The first-order valence-corrected chi connectivity index (χ1v) is 19.0. The van der Waals surface area contributed by atoms with E-state index in [1.54, 1.807) is 15.9 Å². The topological polar surface area (TPSA) is 197 Å². The Labute approximate surface area is 302 Å². The summed E-state index contributed by atoms with van der Waals surface area (Å²) in [7, 11) is -4.29. The molecule has 16 heteroatoms. The first-order valence-electron chi connectivity index (χ1n) is 16.7. The van der Waals surface area contributed by atoms with E-state index in [9.17, 15) is 18.0 Å². The van der Waals surface area contributed by atoms with Gasteiger partial charge in [-0.05, 0) is 63.3 Å². The Bertz CT molecular complexity index is 1850. The molecule has 2 heterocycles. The standard InChI is InChI=1S/C34H44Cl2N8O5S/c1-22-10-11-23-7-6-9-27(30(23)41-22)49-21-24-25(35)12-13-28(29(24)36)50(47,48)42-34(14-3-4-15-34)32(46)44-19-17-43(18-20-44)31(45)26(37)8-2-5-16-40-33(38)39/h6-7,9-13,26,42H,2-5,8,14-21,37H2,1H3,(H4,38,39,40). The van der Waals surface area contributed by atoms with Crippen LogP contribution in [0, 0.1) is 12.3 Å². The van der Waals surface area contributed by atoms with Crippen LogP contribution in [0.4, 0.5) is 0 Å². The summed E-state index contributed by atoms with van der Waals surface area (Å²) in [6.07, 6.45) is 3.93. The zero-order chi connectivity index (χ0) is 36.1. The molecule has 2 fully saturated rings. The highest BCUT2D eigenvalue weighted by molar-refractivity contribution is 7.89. The summed E-state index contributed by atoms with van der Waals surface area (Å²) in [5.74, 6) is -0.0976. The second-order valence-electron chi connectivity index (χ2n) is 12.9. The average Bonchev–Trinajstić information content (AvgIpc) is 3.56. The molecule has 270 valence electrons. The van der Waals surface area contributed by atoms with Gasteiger partial charge in [-0.1, -0.05) is 54.2 Å². The highest BCUT2D eigenvalue weighted by atomic mass is 35.5. The van der Waals surface area contributed by atoms with Crippen molar-refractivity contribution >= 4 is 61.9 Å². The van der Waals surface area contributed by atoms with Crippen molar-refractivity contribution in [2.24, 2.45) is 11.5 Å². The molecule has 1 aliphatic carbocycles. The zero-order valence-electron chi connectivity index (χ0n) is 28.0. The van der Waals surface area contributed by atoms with Crippen molar-refractivity contribution < 1.29 is 22.7 Å². The van der Waals surface area contributed by atoms with Crippen molar-refractivity contribution in [3.63, 3.8) is 0 Å². The number of fused-ring (bicyclic) bond motifs is 1.